The minimum atomic E-state index is -0.566. The number of carbonyl (C=O) groups is 1. The van der Waals surface area contributed by atoms with Gasteiger partial charge in [-0.15, -0.1) is 0 Å². The topological polar surface area (TPSA) is 69.6 Å². The van der Waals surface area contributed by atoms with E-state index in [1.807, 2.05) is 0 Å². The summed E-state index contributed by atoms with van der Waals surface area (Å²) in [5, 5.41) is 21.3. The maximum absolute atomic E-state index is 13.4. The lowest BCUT2D eigenvalue weighted by atomic mass is 9.92. The van der Waals surface area contributed by atoms with Gasteiger partial charge in [0.15, 0.2) is 0 Å². The molecule has 5 heteroatoms. The normalized spacial score (nSPS) is 21.3. The van der Waals surface area contributed by atoms with Crippen molar-refractivity contribution in [1.29, 1.82) is 0 Å². The van der Waals surface area contributed by atoms with Crippen LogP contribution < -0.4 is 5.32 Å². The van der Waals surface area contributed by atoms with Gasteiger partial charge in [0.2, 0.25) is 0 Å². The van der Waals surface area contributed by atoms with Gasteiger partial charge in [0, 0.05) is 5.56 Å². The van der Waals surface area contributed by atoms with Crippen LogP contribution in [0, 0.1) is 17.7 Å². The van der Waals surface area contributed by atoms with Crippen LogP contribution in [0.2, 0.25) is 0 Å². The molecule has 1 aliphatic carbocycles. The molecule has 4 nitrogen and oxygen atoms in total. The minimum absolute atomic E-state index is 0.119. The predicted molar refractivity (Wildman–Crippen MR) is 76.1 cm³/mol. The monoisotopic (exact) mass is 291 g/mol. The van der Waals surface area contributed by atoms with Gasteiger partial charge in [0.1, 0.15) is 12.4 Å². The number of aliphatic hydroxyl groups excluding tert-OH is 2. The largest absolute Gasteiger partial charge is 0.391 e. The van der Waals surface area contributed by atoms with Crippen LogP contribution in [0.5, 0.6) is 0 Å². The number of hydrogen-bond acceptors (Lipinski definition) is 3. The Morgan fingerprint density at radius 3 is 2.86 bits per heavy atom. The van der Waals surface area contributed by atoms with Crippen molar-refractivity contribution in [3.8, 4) is 11.8 Å². The first kappa shape index (κ1) is 15.5. The van der Waals surface area contributed by atoms with E-state index in [1.54, 1.807) is 0 Å². The van der Waals surface area contributed by atoms with Crippen molar-refractivity contribution in [1.82, 2.24) is 5.32 Å². The van der Waals surface area contributed by atoms with Gasteiger partial charge in [-0.1, -0.05) is 24.7 Å². The second-order valence-electron chi connectivity index (χ2n) is 5.08. The zero-order valence-electron chi connectivity index (χ0n) is 11.6. The fourth-order valence-corrected chi connectivity index (χ4v) is 2.47. The molecule has 2 unspecified atom stereocenters. The lowest BCUT2D eigenvalue weighted by Gasteiger charge is -2.28. The fraction of sp³-hybridized carbons (Fsp3) is 0.438. The molecule has 0 aliphatic heterocycles. The Kier molecular flexibility index (Phi) is 5.32. The van der Waals surface area contributed by atoms with Crippen molar-refractivity contribution < 1.29 is 19.4 Å². The average Bonchev–Trinajstić information content (AvgIpc) is 2.48. The van der Waals surface area contributed by atoms with Gasteiger partial charge in [0.25, 0.3) is 5.91 Å². The zero-order chi connectivity index (χ0) is 15.2. The molecule has 2 atom stereocenters. The van der Waals surface area contributed by atoms with Crippen LogP contribution in [-0.4, -0.2) is 34.9 Å². The van der Waals surface area contributed by atoms with Gasteiger partial charge in [-0.25, -0.2) is 4.39 Å². The van der Waals surface area contributed by atoms with E-state index in [-0.39, 0.29) is 18.2 Å². The number of aliphatic hydroxyl groups is 2. The Morgan fingerprint density at radius 1 is 1.38 bits per heavy atom. The van der Waals surface area contributed by atoms with Crippen molar-refractivity contribution in [3.63, 3.8) is 0 Å². The molecule has 3 N–H and O–H groups in total. The summed E-state index contributed by atoms with van der Waals surface area (Å²) in [6.45, 7) is -0.334. The molecule has 2 rings (SSSR count). The van der Waals surface area contributed by atoms with E-state index in [1.165, 1.54) is 12.1 Å². The van der Waals surface area contributed by atoms with Gasteiger partial charge in [-0.05, 0) is 31.0 Å². The lowest BCUT2D eigenvalue weighted by Crippen LogP contribution is -2.45. The minimum Gasteiger partial charge on any atom is -0.391 e. The SMILES string of the molecule is O=C(NC1CCCCC1O)c1cc(F)ccc1C#CCO. The van der Waals surface area contributed by atoms with Crippen LogP contribution >= 0.6 is 0 Å². The van der Waals surface area contributed by atoms with E-state index in [4.69, 9.17) is 5.11 Å². The Balaban J connectivity index is 2.19. The molecule has 1 amide bonds. The third-order valence-corrected chi connectivity index (χ3v) is 3.57. The van der Waals surface area contributed by atoms with Gasteiger partial charge in [-0.2, -0.15) is 0 Å². The molecule has 0 saturated heterocycles. The second kappa shape index (κ2) is 7.21. The summed E-state index contributed by atoms with van der Waals surface area (Å²) in [7, 11) is 0. The highest BCUT2D eigenvalue weighted by Gasteiger charge is 2.25. The van der Waals surface area contributed by atoms with E-state index in [0.717, 1.165) is 18.9 Å². The maximum Gasteiger partial charge on any atom is 0.252 e. The maximum atomic E-state index is 13.4. The molecule has 1 aromatic rings. The van der Waals surface area contributed by atoms with Crippen molar-refractivity contribution in [3.05, 3.63) is 35.1 Å². The first-order chi connectivity index (χ1) is 10.1. The number of hydrogen-bond donors (Lipinski definition) is 3. The molecule has 1 aliphatic rings. The van der Waals surface area contributed by atoms with Crippen LogP contribution in [0.4, 0.5) is 4.39 Å². The van der Waals surface area contributed by atoms with Crippen LogP contribution in [0.15, 0.2) is 18.2 Å². The third kappa shape index (κ3) is 4.03. The van der Waals surface area contributed by atoms with Gasteiger partial charge >= 0.3 is 0 Å². The summed E-state index contributed by atoms with van der Waals surface area (Å²) in [6.07, 6.45) is 2.69. The molecule has 0 heterocycles. The highest BCUT2D eigenvalue weighted by atomic mass is 19.1. The van der Waals surface area contributed by atoms with Crippen LogP contribution in [0.1, 0.15) is 41.6 Å². The van der Waals surface area contributed by atoms with Crippen molar-refractivity contribution in [2.75, 3.05) is 6.61 Å². The van der Waals surface area contributed by atoms with E-state index in [2.05, 4.69) is 17.2 Å². The van der Waals surface area contributed by atoms with Crippen LogP contribution in [0.25, 0.3) is 0 Å². The first-order valence-electron chi connectivity index (χ1n) is 7.00. The number of rotatable bonds is 2. The molecular formula is C16H18FNO3. The summed E-state index contributed by atoms with van der Waals surface area (Å²) < 4.78 is 13.4. The number of nitrogens with one attached hydrogen (secondary N) is 1. The number of carbonyl (C=O) groups excluding carboxylic acids is 1. The Morgan fingerprint density at radius 2 is 2.14 bits per heavy atom. The molecule has 1 fully saturated rings. The highest BCUT2D eigenvalue weighted by Crippen LogP contribution is 2.19. The zero-order valence-corrected chi connectivity index (χ0v) is 11.6. The molecule has 0 bridgehead atoms. The molecule has 0 spiro atoms. The second-order valence-corrected chi connectivity index (χ2v) is 5.08. The summed E-state index contributed by atoms with van der Waals surface area (Å²) in [6, 6.07) is 3.43. The molecule has 0 radical (unpaired) electrons. The number of amides is 1. The van der Waals surface area contributed by atoms with Gasteiger partial charge in [-0.3, -0.25) is 4.79 Å². The summed E-state index contributed by atoms with van der Waals surface area (Å²) in [5.74, 6) is 4.09. The number of halogens is 1. The summed E-state index contributed by atoms with van der Waals surface area (Å²) in [4.78, 5) is 12.3. The van der Waals surface area contributed by atoms with Crippen molar-refractivity contribution in [2.24, 2.45) is 0 Å². The van der Waals surface area contributed by atoms with Crippen LogP contribution in [-0.2, 0) is 0 Å². The first-order valence-corrected chi connectivity index (χ1v) is 7.00. The Labute approximate surface area is 123 Å². The van der Waals surface area contributed by atoms with E-state index in [9.17, 15) is 14.3 Å². The van der Waals surface area contributed by atoms with Crippen molar-refractivity contribution >= 4 is 5.91 Å². The molecule has 0 aromatic heterocycles. The molecular weight excluding hydrogens is 273 g/mol. The van der Waals surface area contributed by atoms with Gasteiger partial charge < -0.3 is 15.5 Å². The van der Waals surface area contributed by atoms with E-state index >= 15 is 0 Å². The molecule has 1 aromatic carbocycles. The quantitative estimate of drug-likeness (QED) is 0.717. The van der Waals surface area contributed by atoms with Crippen molar-refractivity contribution in [2.45, 2.75) is 37.8 Å². The smallest absolute Gasteiger partial charge is 0.252 e. The van der Waals surface area contributed by atoms with E-state index < -0.39 is 17.8 Å². The fourth-order valence-electron chi connectivity index (χ4n) is 2.47. The van der Waals surface area contributed by atoms with E-state index in [0.29, 0.717) is 18.4 Å². The molecule has 1 saturated carbocycles. The average molecular weight is 291 g/mol. The van der Waals surface area contributed by atoms with Crippen LogP contribution in [0.3, 0.4) is 0 Å². The number of benzene rings is 1. The highest BCUT2D eigenvalue weighted by molar-refractivity contribution is 5.97. The predicted octanol–water partition coefficient (Wildman–Crippen LogP) is 1.20. The molecule has 21 heavy (non-hydrogen) atoms. The molecule has 112 valence electrons. The summed E-state index contributed by atoms with van der Waals surface area (Å²) >= 11 is 0. The standard InChI is InChI=1S/C16H18FNO3/c17-12-8-7-11(4-3-9-19)13(10-12)16(21)18-14-5-1-2-6-15(14)20/h7-8,10,14-15,19-20H,1-2,5-6,9H2,(H,18,21). The third-order valence-electron chi connectivity index (χ3n) is 3.57. The Bertz CT molecular complexity index is 577. The Hall–Kier alpha value is -1.90. The summed E-state index contributed by atoms with van der Waals surface area (Å²) in [5.41, 5.74) is 0.474. The van der Waals surface area contributed by atoms with Gasteiger partial charge in [0.05, 0.1) is 17.7 Å². The lowest BCUT2D eigenvalue weighted by molar-refractivity contribution is 0.0717.